The Kier molecular flexibility index (Phi) is 12.1. The summed E-state index contributed by atoms with van der Waals surface area (Å²) in [5.41, 5.74) is 1.66. The van der Waals surface area contributed by atoms with E-state index in [1.54, 1.807) is 31.2 Å². The third-order valence-electron chi connectivity index (χ3n) is 6.61. The summed E-state index contributed by atoms with van der Waals surface area (Å²) in [6, 6.07) is 11.4. The van der Waals surface area contributed by atoms with Crippen molar-refractivity contribution in [2.75, 3.05) is 34.8 Å². The number of aryl methyl sites for hydroxylation is 1. The normalized spacial score (nSPS) is 11.8. The zero-order chi connectivity index (χ0) is 34.1. The molecule has 18 heteroatoms. The molecule has 4 N–H and O–H groups in total. The summed E-state index contributed by atoms with van der Waals surface area (Å²) >= 11 is 0. The Hall–Kier alpha value is -4.70. The molecule has 1 heterocycles. The number of para-hydroxylation sites is 1. The van der Waals surface area contributed by atoms with Crippen LogP contribution in [0.25, 0.3) is 5.69 Å². The highest BCUT2D eigenvalue weighted by Crippen LogP contribution is 2.34. The third-order valence-corrected chi connectivity index (χ3v) is 8.22. The number of carbonyl (C=O) groups is 2. The van der Waals surface area contributed by atoms with Gasteiger partial charge in [-0.1, -0.05) is 12.1 Å². The smallest absolute Gasteiger partial charge is 0.337 e. The first-order chi connectivity index (χ1) is 21.6. The summed E-state index contributed by atoms with van der Waals surface area (Å²) in [7, 11) is -8.30. The van der Waals surface area contributed by atoms with Crippen molar-refractivity contribution >= 4 is 55.0 Å². The molecule has 246 valence electrons. The van der Waals surface area contributed by atoms with E-state index in [-0.39, 0.29) is 46.8 Å². The molecule has 0 saturated heterocycles. The average molecular weight is 676 g/mol. The van der Waals surface area contributed by atoms with E-state index in [9.17, 15) is 36.8 Å². The quantitative estimate of drug-likeness (QED) is 0.0945. The Morgan fingerprint density at radius 3 is 2.17 bits per heavy atom. The van der Waals surface area contributed by atoms with E-state index in [0.717, 1.165) is 0 Å². The molecule has 3 rings (SSSR count). The summed E-state index contributed by atoms with van der Waals surface area (Å²) in [6.07, 6.45) is 2.25. The van der Waals surface area contributed by atoms with Crippen LogP contribution in [0.5, 0.6) is 0 Å². The van der Waals surface area contributed by atoms with Crippen molar-refractivity contribution in [1.82, 2.24) is 9.78 Å². The number of hydrogen-bond acceptors (Lipinski definition) is 11. The van der Waals surface area contributed by atoms with Gasteiger partial charge in [0.25, 0.3) is 20.2 Å². The van der Waals surface area contributed by atoms with Gasteiger partial charge in [-0.15, -0.1) is 10.2 Å². The molecule has 0 aliphatic carbocycles. The van der Waals surface area contributed by atoms with Gasteiger partial charge in [-0.25, -0.2) is 9.48 Å². The first-order valence-electron chi connectivity index (χ1n) is 13.9. The molecule has 0 fully saturated rings. The molecule has 3 aromatic rings. The van der Waals surface area contributed by atoms with Crippen LogP contribution in [0.1, 0.15) is 54.1 Å². The SMILES string of the molecule is CC(=O)Nc1cc(N(CCCCS(=O)(=O)O)CCCCS(=O)(=O)O)ccc1N=Nc1c(C#N)cnn1-c1c(C)cccc1C(=O)O. The van der Waals surface area contributed by atoms with Crippen molar-refractivity contribution in [3.8, 4) is 11.8 Å². The van der Waals surface area contributed by atoms with Crippen LogP contribution in [-0.4, -0.2) is 77.3 Å². The zero-order valence-electron chi connectivity index (χ0n) is 25.0. The fourth-order valence-corrected chi connectivity index (χ4v) is 5.67. The van der Waals surface area contributed by atoms with Crippen LogP contribution in [0.15, 0.2) is 52.8 Å². The van der Waals surface area contributed by atoms with Gasteiger partial charge >= 0.3 is 5.97 Å². The van der Waals surface area contributed by atoms with E-state index in [4.69, 9.17) is 9.11 Å². The number of nitrogens with zero attached hydrogens (tertiary/aromatic N) is 6. The van der Waals surface area contributed by atoms with Gasteiger partial charge in [-0.2, -0.15) is 27.2 Å². The molecule has 16 nitrogen and oxygen atoms in total. The number of amides is 1. The minimum Gasteiger partial charge on any atom is -0.478 e. The molecule has 46 heavy (non-hydrogen) atoms. The molecule has 0 aliphatic heterocycles. The van der Waals surface area contributed by atoms with Crippen LogP contribution in [0.4, 0.5) is 22.9 Å². The van der Waals surface area contributed by atoms with Gasteiger partial charge in [-0.3, -0.25) is 13.9 Å². The van der Waals surface area contributed by atoms with E-state index < -0.39 is 43.6 Å². The summed E-state index contributed by atoms with van der Waals surface area (Å²) < 4.78 is 63.9. The molecule has 0 spiro atoms. The number of carboxylic acid groups (broad SMARTS) is 1. The number of anilines is 2. The molecular formula is C28H33N7O9S2. The maximum atomic E-state index is 12.1. The second-order valence-electron chi connectivity index (χ2n) is 10.2. The van der Waals surface area contributed by atoms with Crippen molar-refractivity contribution in [3.63, 3.8) is 0 Å². The summed E-state index contributed by atoms with van der Waals surface area (Å²) in [6.45, 7) is 3.59. The molecule has 1 aromatic heterocycles. The van der Waals surface area contributed by atoms with E-state index in [0.29, 0.717) is 37.2 Å². The Bertz CT molecular complexity index is 1840. The van der Waals surface area contributed by atoms with Crippen LogP contribution >= 0.6 is 0 Å². The lowest BCUT2D eigenvalue weighted by molar-refractivity contribution is -0.114. The Morgan fingerprint density at radius 2 is 1.63 bits per heavy atom. The second kappa shape index (κ2) is 15.5. The number of aromatic carboxylic acids is 1. The van der Waals surface area contributed by atoms with Gasteiger partial charge in [0, 0.05) is 25.7 Å². The number of benzene rings is 2. The second-order valence-corrected chi connectivity index (χ2v) is 13.4. The molecule has 0 aliphatic rings. The minimum atomic E-state index is -4.15. The van der Waals surface area contributed by atoms with Crippen LogP contribution in [0, 0.1) is 18.3 Å². The van der Waals surface area contributed by atoms with E-state index in [1.807, 2.05) is 11.0 Å². The number of unbranched alkanes of at least 4 members (excludes halogenated alkanes) is 2. The Balaban J connectivity index is 2.00. The first kappa shape index (κ1) is 35.8. The van der Waals surface area contributed by atoms with E-state index in [1.165, 1.54) is 29.9 Å². The van der Waals surface area contributed by atoms with Crippen LogP contribution in [0.2, 0.25) is 0 Å². The largest absolute Gasteiger partial charge is 0.478 e. The highest BCUT2D eigenvalue weighted by Gasteiger charge is 2.20. The predicted octanol–water partition coefficient (Wildman–Crippen LogP) is 4.27. The number of hydrogen-bond donors (Lipinski definition) is 4. The van der Waals surface area contributed by atoms with E-state index >= 15 is 0 Å². The van der Waals surface area contributed by atoms with Crippen molar-refractivity contribution < 1.29 is 40.6 Å². The molecule has 0 bridgehead atoms. The predicted molar refractivity (Wildman–Crippen MR) is 168 cm³/mol. The van der Waals surface area contributed by atoms with Gasteiger partial charge in [0.15, 0.2) is 5.82 Å². The number of carboxylic acids is 1. The molecule has 0 saturated carbocycles. The molecule has 0 radical (unpaired) electrons. The average Bonchev–Trinajstić information content (AvgIpc) is 3.36. The topological polar surface area (TPSA) is 245 Å². The standard InChI is InChI=1S/C28H33N7O9S2/c1-19-8-7-9-23(28(37)38)26(19)35-27(21(17-29)18-30-35)33-32-24-11-10-22(16-25(24)31-20(2)36)34(12-3-5-14-45(39,40)41)13-4-6-15-46(42,43)44/h7-11,16,18H,3-6,12-15H2,1-2H3,(H,31,36)(H,37,38)(H,39,40,41)(H,42,43,44). The number of azo groups is 1. The summed E-state index contributed by atoms with van der Waals surface area (Å²) in [5, 5.41) is 34.7. The van der Waals surface area contributed by atoms with Gasteiger partial charge < -0.3 is 15.3 Å². The highest BCUT2D eigenvalue weighted by molar-refractivity contribution is 7.86. The number of rotatable bonds is 16. The maximum absolute atomic E-state index is 12.1. The van der Waals surface area contributed by atoms with Gasteiger partial charge in [-0.05, 0) is 62.4 Å². The Labute approximate surface area is 265 Å². The molecular weight excluding hydrogens is 642 g/mol. The van der Waals surface area contributed by atoms with Crippen molar-refractivity contribution in [1.29, 1.82) is 5.26 Å². The fraction of sp³-hybridized carbons (Fsp3) is 0.357. The zero-order valence-corrected chi connectivity index (χ0v) is 26.6. The van der Waals surface area contributed by atoms with Crippen LogP contribution < -0.4 is 10.2 Å². The lowest BCUT2D eigenvalue weighted by atomic mass is 10.1. The summed E-state index contributed by atoms with van der Waals surface area (Å²) in [5.74, 6) is -2.55. The molecule has 0 atom stereocenters. The highest BCUT2D eigenvalue weighted by atomic mass is 32.2. The van der Waals surface area contributed by atoms with E-state index in [2.05, 4.69) is 20.6 Å². The van der Waals surface area contributed by atoms with Crippen molar-refractivity contribution in [2.45, 2.75) is 39.5 Å². The number of nitriles is 1. The van der Waals surface area contributed by atoms with Crippen molar-refractivity contribution in [2.24, 2.45) is 10.2 Å². The maximum Gasteiger partial charge on any atom is 0.337 e. The minimum absolute atomic E-state index is 0.0157. The van der Waals surface area contributed by atoms with Gasteiger partial charge in [0.05, 0.1) is 34.6 Å². The Morgan fingerprint density at radius 1 is 1.00 bits per heavy atom. The van der Waals surface area contributed by atoms with Gasteiger partial charge in [0.1, 0.15) is 17.3 Å². The lowest BCUT2D eigenvalue weighted by Crippen LogP contribution is -2.26. The fourth-order valence-electron chi connectivity index (χ4n) is 4.54. The number of nitrogens with one attached hydrogen (secondary N) is 1. The summed E-state index contributed by atoms with van der Waals surface area (Å²) in [4.78, 5) is 25.8. The van der Waals surface area contributed by atoms with Crippen LogP contribution in [0.3, 0.4) is 0 Å². The lowest BCUT2D eigenvalue weighted by Gasteiger charge is -2.26. The molecule has 1 amide bonds. The third kappa shape index (κ3) is 10.4. The molecule has 0 unspecified atom stereocenters. The van der Waals surface area contributed by atoms with Crippen molar-refractivity contribution in [3.05, 3.63) is 59.3 Å². The van der Waals surface area contributed by atoms with Gasteiger partial charge in [0.2, 0.25) is 5.91 Å². The molecule has 2 aromatic carbocycles. The monoisotopic (exact) mass is 675 g/mol. The first-order valence-corrected chi connectivity index (χ1v) is 17.1. The number of carbonyl (C=O) groups excluding carboxylic acids is 1. The number of aromatic nitrogens is 2. The van der Waals surface area contributed by atoms with Crippen LogP contribution in [-0.2, 0) is 25.0 Å².